The maximum absolute atomic E-state index is 12.9. The Morgan fingerprint density at radius 3 is 2.36 bits per heavy atom. The van der Waals surface area contributed by atoms with Gasteiger partial charge in [-0.05, 0) is 31.5 Å². The Morgan fingerprint density at radius 2 is 1.75 bits per heavy atom. The summed E-state index contributed by atoms with van der Waals surface area (Å²) in [5, 5.41) is 0.510. The first-order chi connectivity index (χ1) is 13.2. The summed E-state index contributed by atoms with van der Waals surface area (Å²) in [5.41, 5.74) is 5.73. The summed E-state index contributed by atoms with van der Waals surface area (Å²) in [6.45, 7) is 2.37. The van der Waals surface area contributed by atoms with Gasteiger partial charge in [0.25, 0.3) is 5.91 Å². The fraction of sp³-hybridized carbons (Fsp3) is 0.300. The third-order valence-corrected chi connectivity index (χ3v) is 4.05. The lowest BCUT2D eigenvalue weighted by Crippen LogP contribution is -2.57. The van der Waals surface area contributed by atoms with Crippen LogP contribution in [0.3, 0.4) is 0 Å². The zero-order valence-electron chi connectivity index (χ0n) is 15.5. The Morgan fingerprint density at radius 1 is 1.11 bits per heavy atom. The molecule has 148 valence electrons. The van der Waals surface area contributed by atoms with Crippen molar-refractivity contribution in [3.8, 4) is 0 Å². The van der Waals surface area contributed by atoms with Crippen LogP contribution in [0.15, 0.2) is 53.5 Å². The van der Waals surface area contributed by atoms with E-state index in [1.807, 2.05) is 38.1 Å². The van der Waals surface area contributed by atoms with Gasteiger partial charge in [0.15, 0.2) is 5.84 Å². The van der Waals surface area contributed by atoms with Crippen molar-refractivity contribution >= 4 is 11.7 Å². The van der Waals surface area contributed by atoms with E-state index in [-0.39, 0.29) is 12.4 Å². The molecule has 1 aliphatic rings. The Kier molecular flexibility index (Phi) is 5.69. The smallest absolute Gasteiger partial charge is 0.343 e. The molecule has 1 atom stereocenters. The third kappa shape index (κ3) is 5.10. The minimum Gasteiger partial charge on any atom is -0.343 e. The molecule has 2 aromatic rings. The molecule has 0 aromatic heterocycles. The minimum absolute atomic E-state index is 0.0563. The summed E-state index contributed by atoms with van der Waals surface area (Å²) < 4.78 is 44.4. The van der Waals surface area contributed by atoms with Gasteiger partial charge in [-0.3, -0.25) is 10.2 Å². The van der Waals surface area contributed by atoms with Gasteiger partial charge in [-0.2, -0.15) is 13.2 Å². The molecule has 8 heteroatoms. The van der Waals surface area contributed by atoms with E-state index in [2.05, 4.69) is 10.4 Å². The number of hydrogen-bond donors (Lipinski definition) is 1. The van der Waals surface area contributed by atoms with Crippen molar-refractivity contribution in [1.82, 2.24) is 10.4 Å². The third-order valence-electron chi connectivity index (χ3n) is 4.05. The Bertz CT molecular complexity index is 862. The van der Waals surface area contributed by atoms with Crippen LogP contribution in [0.4, 0.5) is 13.2 Å². The summed E-state index contributed by atoms with van der Waals surface area (Å²) in [7, 11) is 0. The highest BCUT2D eigenvalue weighted by Crippen LogP contribution is 2.20. The predicted octanol–water partition coefficient (Wildman–Crippen LogP) is 3.50. The van der Waals surface area contributed by atoms with Crippen molar-refractivity contribution in [2.24, 2.45) is 4.99 Å². The number of hydrogen-bond acceptors (Lipinski definition) is 4. The first-order valence-electron chi connectivity index (χ1n) is 8.68. The molecule has 5 nitrogen and oxygen atoms in total. The maximum Gasteiger partial charge on any atom is 0.408 e. The van der Waals surface area contributed by atoms with Crippen molar-refractivity contribution < 1.29 is 22.7 Å². The van der Waals surface area contributed by atoms with Crippen molar-refractivity contribution in [2.45, 2.75) is 32.9 Å². The van der Waals surface area contributed by atoms with Crippen LogP contribution in [0.2, 0.25) is 0 Å². The number of aryl methyl sites for hydroxylation is 2. The molecular formula is C20H20F3N3O2. The summed E-state index contributed by atoms with van der Waals surface area (Å²) in [6, 6.07) is 14.6. The average molecular weight is 391 g/mol. The van der Waals surface area contributed by atoms with Crippen LogP contribution >= 0.6 is 0 Å². The molecular weight excluding hydrogens is 371 g/mol. The number of amidine groups is 1. The van der Waals surface area contributed by atoms with Gasteiger partial charge in [0.05, 0.1) is 6.61 Å². The molecule has 0 saturated heterocycles. The molecule has 0 bridgehead atoms. The molecule has 28 heavy (non-hydrogen) atoms. The summed E-state index contributed by atoms with van der Waals surface area (Å²) in [5.74, 6) is -0.727. The maximum atomic E-state index is 12.9. The van der Waals surface area contributed by atoms with Crippen molar-refractivity contribution in [1.29, 1.82) is 0 Å². The molecule has 3 rings (SSSR count). The second kappa shape index (κ2) is 8.02. The van der Waals surface area contributed by atoms with Crippen molar-refractivity contribution in [3.63, 3.8) is 0 Å². The van der Waals surface area contributed by atoms with E-state index in [1.54, 1.807) is 24.3 Å². The van der Waals surface area contributed by atoms with E-state index in [9.17, 15) is 18.0 Å². The van der Waals surface area contributed by atoms with Crippen LogP contribution in [0.25, 0.3) is 0 Å². The molecule has 0 aliphatic carbocycles. The van der Waals surface area contributed by atoms with E-state index >= 15 is 0 Å². The van der Waals surface area contributed by atoms with E-state index < -0.39 is 24.9 Å². The average Bonchev–Trinajstić information content (AvgIpc) is 2.61. The van der Waals surface area contributed by atoms with Crippen molar-refractivity contribution in [2.75, 3.05) is 6.54 Å². The molecule has 1 N–H and O–H groups in total. The number of hydrazine groups is 1. The number of aliphatic imine (C=N–C) groups is 1. The van der Waals surface area contributed by atoms with Crippen LogP contribution in [-0.2, 0) is 16.1 Å². The van der Waals surface area contributed by atoms with Crippen LogP contribution in [0.1, 0.15) is 22.3 Å². The predicted molar refractivity (Wildman–Crippen MR) is 98.4 cm³/mol. The Hall–Kier alpha value is -2.87. The van der Waals surface area contributed by atoms with Crippen LogP contribution < -0.4 is 5.43 Å². The van der Waals surface area contributed by atoms with Gasteiger partial charge in [0.1, 0.15) is 6.54 Å². The van der Waals surface area contributed by atoms with Crippen LogP contribution in [-0.4, -0.2) is 35.7 Å². The number of nitrogens with zero attached hydrogens (tertiary/aromatic N) is 2. The number of carbonyl (C=O) groups excluding carboxylic acids is 1. The molecule has 1 unspecified atom stereocenters. The van der Waals surface area contributed by atoms with E-state index in [0.29, 0.717) is 10.6 Å². The van der Waals surface area contributed by atoms with Crippen LogP contribution in [0.5, 0.6) is 0 Å². The second-order valence-electron chi connectivity index (χ2n) is 6.65. The molecule has 1 heterocycles. The summed E-state index contributed by atoms with van der Waals surface area (Å²) in [6.07, 6.45) is -5.92. The van der Waals surface area contributed by atoms with Crippen molar-refractivity contribution in [3.05, 3.63) is 70.8 Å². The van der Waals surface area contributed by atoms with E-state index in [4.69, 9.17) is 4.74 Å². The molecule has 0 saturated carbocycles. The minimum atomic E-state index is -4.56. The topological polar surface area (TPSA) is 53.9 Å². The second-order valence-corrected chi connectivity index (χ2v) is 6.65. The molecule has 0 fully saturated rings. The number of nitrogens with one attached hydrogen (secondary N) is 1. The highest BCUT2D eigenvalue weighted by atomic mass is 19.4. The quantitative estimate of drug-likeness (QED) is 0.849. The Labute approximate surface area is 160 Å². The molecule has 0 radical (unpaired) electrons. The summed E-state index contributed by atoms with van der Waals surface area (Å²) in [4.78, 5) is 16.7. The zero-order chi connectivity index (χ0) is 20.3. The molecule has 2 aromatic carbocycles. The lowest BCUT2D eigenvalue weighted by atomic mass is 10.1. The van der Waals surface area contributed by atoms with E-state index in [1.165, 1.54) is 0 Å². The van der Waals surface area contributed by atoms with Gasteiger partial charge < -0.3 is 4.74 Å². The Balaban J connectivity index is 1.89. The standard InChI is InChI=1S/C20H20F3N3O2/c1-13-8-14(2)10-16(9-13)17-24-18(28-11-15-6-4-3-5-7-15)19(27)26(25-17)12-20(21,22)23/h3-10,18H,11-12H2,1-2H3,(H,24,25). The van der Waals surface area contributed by atoms with Crippen LogP contribution in [0, 0.1) is 13.8 Å². The van der Waals surface area contributed by atoms with Gasteiger partial charge in [-0.25, -0.2) is 10.0 Å². The lowest BCUT2D eigenvalue weighted by molar-refractivity contribution is -0.173. The highest BCUT2D eigenvalue weighted by molar-refractivity contribution is 6.03. The van der Waals surface area contributed by atoms with Gasteiger partial charge in [-0.1, -0.05) is 47.5 Å². The number of carbonyl (C=O) groups is 1. The fourth-order valence-corrected chi connectivity index (χ4v) is 2.92. The fourth-order valence-electron chi connectivity index (χ4n) is 2.92. The number of alkyl halides is 3. The van der Waals surface area contributed by atoms with Gasteiger partial charge in [0, 0.05) is 5.56 Å². The van der Waals surface area contributed by atoms with Gasteiger partial charge in [-0.15, -0.1) is 0 Å². The number of amides is 1. The number of halogens is 3. The number of ether oxygens (including phenoxy) is 1. The molecule has 0 spiro atoms. The normalized spacial score (nSPS) is 17.3. The summed E-state index contributed by atoms with van der Waals surface area (Å²) >= 11 is 0. The van der Waals surface area contributed by atoms with Gasteiger partial charge in [0.2, 0.25) is 6.23 Å². The first kappa shape index (κ1) is 19.9. The lowest BCUT2D eigenvalue weighted by Gasteiger charge is -2.32. The number of rotatable bonds is 5. The largest absolute Gasteiger partial charge is 0.408 e. The zero-order valence-corrected chi connectivity index (χ0v) is 15.5. The molecule has 1 amide bonds. The van der Waals surface area contributed by atoms with Gasteiger partial charge >= 0.3 is 6.18 Å². The monoisotopic (exact) mass is 391 g/mol. The first-order valence-corrected chi connectivity index (χ1v) is 8.68. The number of benzene rings is 2. The van der Waals surface area contributed by atoms with E-state index in [0.717, 1.165) is 16.7 Å². The molecule has 1 aliphatic heterocycles. The SMILES string of the molecule is Cc1cc(C)cc(C2=NC(OCc3ccccc3)C(=O)N(CC(F)(F)F)N2)c1. The highest BCUT2D eigenvalue weighted by Gasteiger charge is 2.39.